The zero-order valence-corrected chi connectivity index (χ0v) is 16.4. The van der Waals surface area contributed by atoms with E-state index >= 15 is 0 Å². The SMILES string of the molecule is O=C(N[C@@H]1CC(=O)N(c2cccc(F)c2)C1)N1CCC(Cc2ccccc2)CC1. The Morgan fingerprint density at radius 1 is 1.07 bits per heavy atom. The van der Waals surface area contributed by atoms with Crippen molar-refractivity contribution in [1.29, 1.82) is 0 Å². The summed E-state index contributed by atoms with van der Waals surface area (Å²) in [5.41, 5.74) is 1.88. The van der Waals surface area contributed by atoms with Gasteiger partial charge in [-0.1, -0.05) is 36.4 Å². The van der Waals surface area contributed by atoms with Crippen molar-refractivity contribution >= 4 is 17.6 Å². The topological polar surface area (TPSA) is 52.7 Å². The molecule has 1 atom stereocenters. The third-order valence-corrected chi connectivity index (χ3v) is 5.84. The molecule has 0 radical (unpaired) electrons. The number of carbonyl (C=O) groups is 2. The minimum absolute atomic E-state index is 0.0949. The number of benzene rings is 2. The Bertz CT molecular complexity index is 865. The van der Waals surface area contributed by atoms with E-state index in [4.69, 9.17) is 0 Å². The van der Waals surface area contributed by atoms with Gasteiger partial charge in [0.05, 0.1) is 6.04 Å². The molecule has 0 aliphatic carbocycles. The number of amides is 3. The molecular weight excluding hydrogens is 369 g/mol. The summed E-state index contributed by atoms with van der Waals surface area (Å²) in [4.78, 5) is 28.3. The van der Waals surface area contributed by atoms with Gasteiger partial charge in [0, 0.05) is 31.7 Å². The number of nitrogens with one attached hydrogen (secondary N) is 1. The summed E-state index contributed by atoms with van der Waals surface area (Å²) in [6, 6.07) is 16.1. The highest BCUT2D eigenvalue weighted by Gasteiger charge is 2.33. The maximum Gasteiger partial charge on any atom is 0.317 e. The quantitative estimate of drug-likeness (QED) is 0.860. The predicted octanol–water partition coefficient (Wildman–Crippen LogP) is 3.60. The second kappa shape index (κ2) is 8.64. The van der Waals surface area contributed by atoms with Gasteiger partial charge in [-0.15, -0.1) is 0 Å². The molecule has 1 N–H and O–H groups in total. The van der Waals surface area contributed by atoms with E-state index in [2.05, 4.69) is 29.6 Å². The van der Waals surface area contributed by atoms with Gasteiger partial charge in [-0.2, -0.15) is 0 Å². The van der Waals surface area contributed by atoms with Crippen LogP contribution >= 0.6 is 0 Å². The first-order valence-electron chi connectivity index (χ1n) is 10.2. The van der Waals surface area contributed by atoms with Crippen LogP contribution in [0, 0.1) is 11.7 Å². The molecule has 2 fully saturated rings. The number of likely N-dealkylation sites (tertiary alicyclic amines) is 1. The fraction of sp³-hybridized carbons (Fsp3) is 0.391. The second-order valence-corrected chi connectivity index (χ2v) is 7.95. The highest BCUT2D eigenvalue weighted by molar-refractivity contribution is 5.96. The summed E-state index contributed by atoms with van der Waals surface area (Å²) in [5, 5.41) is 2.99. The van der Waals surface area contributed by atoms with Gasteiger partial charge in [0.25, 0.3) is 0 Å². The van der Waals surface area contributed by atoms with Crippen LogP contribution < -0.4 is 10.2 Å². The van der Waals surface area contributed by atoms with E-state index in [-0.39, 0.29) is 30.2 Å². The normalized spacial score (nSPS) is 20.2. The van der Waals surface area contributed by atoms with Crippen molar-refractivity contribution in [3.05, 3.63) is 66.0 Å². The van der Waals surface area contributed by atoms with Crippen LogP contribution in [0.4, 0.5) is 14.9 Å². The summed E-state index contributed by atoms with van der Waals surface area (Å²) in [5.74, 6) is 0.126. The van der Waals surface area contributed by atoms with Gasteiger partial charge < -0.3 is 15.1 Å². The Hall–Kier alpha value is -2.89. The maximum absolute atomic E-state index is 13.5. The van der Waals surface area contributed by atoms with Crippen molar-refractivity contribution in [2.24, 2.45) is 5.92 Å². The third-order valence-electron chi connectivity index (χ3n) is 5.84. The molecule has 2 aromatic rings. The van der Waals surface area contributed by atoms with Crippen LogP contribution in [0.25, 0.3) is 0 Å². The molecule has 0 saturated carbocycles. The Morgan fingerprint density at radius 2 is 1.83 bits per heavy atom. The van der Waals surface area contributed by atoms with Crippen LogP contribution in [0.3, 0.4) is 0 Å². The summed E-state index contributed by atoms with van der Waals surface area (Å²) < 4.78 is 13.5. The van der Waals surface area contributed by atoms with Gasteiger partial charge in [-0.25, -0.2) is 9.18 Å². The molecule has 5 nitrogen and oxygen atoms in total. The van der Waals surface area contributed by atoms with E-state index in [1.165, 1.54) is 17.7 Å². The average molecular weight is 395 g/mol. The highest BCUT2D eigenvalue weighted by Crippen LogP contribution is 2.24. The molecular formula is C23H26FN3O2. The van der Waals surface area contributed by atoms with Crippen molar-refractivity contribution in [2.45, 2.75) is 31.7 Å². The smallest absolute Gasteiger partial charge is 0.317 e. The van der Waals surface area contributed by atoms with Crippen LogP contribution in [-0.4, -0.2) is 42.5 Å². The van der Waals surface area contributed by atoms with E-state index in [1.807, 2.05) is 11.0 Å². The second-order valence-electron chi connectivity index (χ2n) is 7.95. The van der Waals surface area contributed by atoms with Gasteiger partial charge in [0.1, 0.15) is 5.82 Å². The van der Waals surface area contributed by atoms with Gasteiger partial charge in [0.15, 0.2) is 0 Å². The lowest BCUT2D eigenvalue weighted by Gasteiger charge is -2.33. The Morgan fingerprint density at radius 3 is 2.55 bits per heavy atom. The molecule has 0 unspecified atom stereocenters. The van der Waals surface area contributed by atoms with Gasteiger partial charge in [0.2, 0.25) is 5.91 Å². The third kappa shape index (κ3) is 4.75. The molecule has 2 aliphatic rings. The van der Waals surface area contributed by atoms with E-state index in [1.54, 1.807) is 17.0 Å². The van der Waals surface area contributed by atoms with Crippen molar-refractivity contribution in [3.8, 4) is 0 Å². The van der Waals surface area contributed by atoms with Crippen LogP contribution in [-0.2, 0) is 11.2 Å². The molecule has 2 aromatic carbocycles. The number of hydrogen-bond acceptors (Lipinski definition) is 2. The fourth-order valence-corrected chi connectivity index (χ4v) is 4.25. The average Bonchev–Trinajstić information content (AvgIpc) is 3.09. The zero-order chi connectivity index (χ0) is 20.2. The molecule has 2 heterocycles. The Labute approximate surface area is 170 Å². The molecule has 2 aliphatic heterocycles. The summed E-state index contributed by atoms with van der Waals surface area (Å²) >= 11 is 0. The fourth-order valence-electron chi connectivity index (χ4n) is 4.25. The molecule has 29 heavy (non-hydrogen) atoms. The molecule has 0 aromatic heterocycles. The first-order valence-corrected chi connectivity index (χ1v) is 10.2. The standard InChI is InChI=1S/C23H26FN3O2/c24-19-7-4-8-21(14-19)27-16-20(15-22(27)28)25-23(29)26-11-9-18(10-12-26)13-17-5-2-1-3-6-17/h1-8,14,18,20H,9-13,15-16H2,(H,25,29)/t20-/m1/s1. The van der Waals surface area contributed by atoms with Crippen molar-refractivity contribution in [1.82, 2.24) is 10.2 Å². The maximum atomic E-state index is 13.5. The lowest BCUT2D eigenvalue weighted by molar-refractivity contribution is -0.117. The molecule has 0 bridgehead atoms. The zero-order valence-electron chi connectivity index (χ0n) is 16.4. The Kier molecular flexibility index (Phi) is 5.79. The number of carbonyl (C=O) groups excluding carboxylic acids is 2. The van der Waals surface area contributed by atoms with Crippen LogP contribution in [0.1, 0.15) is 24.8 Å². The number of piperidine rings is 1. The molecule has 152 valence electrons. The summed E-state index contributed by atoms with van der Waals surface area (Å²) in [7, 11) is 0. The first-order chi connectivity index (χ1) is 14.1. The summed E-state index contributed by atoms with van der Waals surface area (Å²) in [6.07, 6.45) is 3.27. The van der Waals surface area contributed by atoms with E-state index in [9.17, 15) is 14.0 Å². The number of hydrogen-bond donors (Lipinski definition) is 1. The van der Waals surface area contributed by atoms with Crippen LogP contribution in [0.15, 0.2) is 54.6 Å². The monoisotopic (exact) mass is 395 g/mol. The van der Waals surface area contributed by atoms with Gasteiger partial charge in [-0.05, 0) is 48.9 Å². The molecule has 2 saturated heterocycles. The van der Waals surface area contributed by atoms with E-state index in [0.717, 1.165) is 32.4 Å². The van der Waals surface area contributed by atoms with Crippen molar-refractivity contribution in [2.75, 3.05) is 24.5 Å². The van der Waals surface area contributed by atoms with Crippen molar-refractivity contribution in [3.63, 3.8) is 0 Å². The van der Waals surface area contributed by atoms with Gasteiger partial charge >= 0.3 is 6.03 Å². The summed E-state index contributed by atoms with van der Waals surface area (Å²) in [6.45, 7) is 1.84. The highest BCUT2D eigenvalue weighted by atomic mass is 19.1. The largest absolute Gasteiger partial charge is 0.333 e. The van der Waals surface area contributed by atoms with Crippen LogP contribution in [0.2, 0.25) is 0 Å². The number of nitrogens with zero attached hydrogens (tertiary/aromatic N) is 2. The lowest BCUT2D eigenvalue weighted by atomic mass is 9.90. The van der Waals surface area contributed by atoms with E-state index in [0.29, 0.717) is 18.2 Å². The van der Waals surface area contributed by atoms with Crippen LogP contribution in [0.5, 0.6) is 0 Å². The lowest BCUT2D eigenvalue weighted by Crippen LogP contribution is -2.48. The number of anilines is 1. The molecule has 0 spiro atoms. The first kappa shape index (κ1) is 19.4. The van der Waals surface area contributed by atoms with Gasteiger partial charge in [-0.3, -0.25) is 4.79 Å². The van der Waals surface area contributed by atoms with E-state index < -0.39 is 0 Å². The number of rotatable bonds is 4. The molecule has 6 heteroatoms. The predicted molar refractivity (Wildman–Crippen MR) is 110 cm³/mol. The Balaban J connectivity index is 1.26. The molecule has 3 amide bonds. The minimum Gasteiger partial charge on any atom is -0.333 e. The van der Waals surface area contributed by atoms with Crippen molar-refractivity contribution < 1.29 is 14.0 Å². The number of halogens is 1. The minimum atomic E-state index is -0.374. The number of urea groups is 1. The molecule has 4 rings (SSSR count).